The molecule has 13 nitrogen and oxygen atoms in total. The largest absolute Gasteiger partial charge is 0.504 e. The lowest BCUT2D eigenvalue weighted by molar-refractivity contribution is -0.152. The summed E-state index contributed by atoms with van der Waals surface area (Å²) in [4.78, 5) is 18.5. The van der Waals surface area contributed by atoms with Crippen molar-refractivity contribution in [2.75, 3.05) is 18.8 Å². The van der Waals surface area contributed by atoms with Gasteiger partial charge in [-0.25, -0.2) is 4.99 Å². The Morgan fingerprint density at radius 2 is 1.80 bits per heavy atom. The Balaban J connectivity index is 1.13. The minimum atomic E-state index is -1.90. The zero-order chi connectivity index (χ0) is 48.0. The number of hydrogen-bond donors (Lipinski definition) is 9. The number of piperidine rings is 2. The number of carbonyl (C=O) groups excluding carboxylic acids is 1. The van der Waals surface area contributed by atoms with Gasteiger partial charge < -0.3 is 56.7 Å². The van der Waals surface area contributed by atoms with Crippen molar-refractivity contribution in [3.05, 3.63) is 35.4 Å². The number of aliphatic hydroxyl groups excluding tert-OH is 3. The minimum Gasteiger partial charge on any atom is -0.504 e. The van der Waals surface area contributed by atoms with Crippen LogP contribution in [0.4, 0.5) is 0 Å². The number of esters is 1. The Labute approximate surface area is 417 Å². The van der Waals surface area contributed by atoms with E-state index in [1.54, 1.807) is 6.07 Å². The molecular weight excluding hydrogens is 911 g/mol. The highest BCUT2D eigenvalue weighted by Gasteiger charge is 2.60. The first-order valence-electron chi connectivity index (χ1n) is 26.7. The second-order valence-corrected chi connectivity index (χ2v) is 25.9. The van der Waals surface area contributed by atoms with Gasteiger partial charge in [0.25, 0.3) is 0 Å². The van der Waals surface area contributed by atoms with Crippen molar-refractivity contribution >= 4 is 33.5 Å². The zero-order valence-electron chi connectivity index (χ0n) is 40.8. The number of aliphatic imine (C=N–C) groups is 1. The number of phenols is 1. The second kappa shape index (κ2) is 20.3. The van der Waals surface area contributed by atoms with E-state index >= 15 is 0 Å². The van der Waals surface area contributed by atoms with E-state index in [1.807, 2.05) is 27.7 Å². The Hall–Kier alpha value is -2.68. The van der Waals surface area contributed by atoms with Crippen molar-refractivity contribution in [2.24, 2.45) is 38.8 Å². The maximum absolute atomic E-state index is 13.0. The number of ether oxygens (including phenoxy) is 2. The first kappa shape index (κ1) is 49.9. The van der Waals surface area contributed by atoms with E-state index in [-0.39, 0.29) is 65.0 Å². The Morgan fingerprint density at radius 1 is 0.986 bits per heavy atom. The zero-order valence-corrected chi connectivity index (χ0v) is 42.4. The van der Waals surface area contributed by atoms with Crippen molar-refractivity contribution in [1.29, 1.82) is 0 Å². The van der Waals surface area contributed by atoms with Gasteiger partial charge in [0.05, 0.1) is 29.2 Å². The van der Waals surface area contributed by atoms with Gasteiger partial charge in [0.2, 0.25) is 0 Å². The molecule has 0 amide bonds. The SMILES string of the molecule is CC(=O)O[C@H]1C[C@@H](O)CC[C@@]23C#C[C@@H]4CCC[C@]5(C[C@H](CCN5)Oc5cc(c(C(O)O)cc5O)C[C@H]41)[C@H]1CC[C@H](CN1)SSC[C@]1(CC4(CCCC4)CCC14CCCC4)NC(N)=N[C@@H]2C=CC[C@H]3O. The predicted molar refractivity (Wildman–Crippen MR) is 271 cm³/mol. The lowest BCUT2D eigenvalue weighted by Gasteiger charge is -2.58. The molecule has 69 heavy (non-hydrogen) atoms. The number of rotatable bonds is 2. The van der Waals surface area contributed by atoms with Gasteiger partial charge in [0.15, 0.2) is 23.7 Å². The van der Waals surface area contributed by atoms with Crippen LogP contribution >= 0.6 is 21.6 Å². The summed E-state index contributed by atoms with van der Waals surface area (Å²) in [5.41, 5.74) is 6.76. The third-order valence-corrected chi connectivity index (χ3v) is 22.2. The molecule has 5 spiro atoms. The molecule has 15 heteroatoms. The molecule has 1 aromatic rings. The van der Waals surface area contributed by atoms with Crippen molar-refractivity contribution in [1.82, 2.24) is 16.0 Å². The van der Waals surface area contributed by atoms with Crippen LogP contribution in [-0.4, -0.2) is 109 Å². The number of nitrogens with zero attached hydrogens (tertiary/aromatic N) is 1. The van der Waals surface area contributed by atoms with Crippen LogP contribution in [0.2, 0.25) is 0 Å². The molecule has 10 aliphatic rings. The summed E-state index contributed by atoms with van der Waals surface area (Å²) in [6.45, 7) is 3.02. The predicted octanol–water partition coefficient (Wildman–Crippen LogP) is 6.82. The average molecular weight is 990 g/mol. The summed E-state index contributed by atoms with van der Waals surface area (Å²) in [5, 5.41) is 70.2. The first-order valence-corrected chi connectivity index (χ1v) is 29.1. The molecular formula is C54H79N5O8S2. The Kier molecular flexibility index (Phi) is 14.7. The summed E-state index contributed by atoms with van der Waals surface area (Å²) in [7, 11) is 4.08. The van der Waals surface area contributed by atoms with E-state index in [1.165, 1.54) is 77.2 Å². The van der Waals surface area contributed by atoms with Gasteiger partial charge in [-0.2, -0.15) is 0 Å². The van der Waals surface area contributed by atoms with Crippen molar-refractivity contribution in [3.8, 4) is 23.3 Å². The van der Waals surface area contributed by atoms with Gasteiger partial charge in [-0.1, -0.05) is 77.7 Å². The lowest BCUT2D eigenvalue weighted by Crippen LogP contribution is -2.67. The van der Waals surface area contributed by atoms with E-state index in [9.17, 15) is 30.3 Å². The maximum Gasteiger partial charge on any atom is 0.302 e. The molecule has 0 unspecified atom stereocenters. The van der Waals surface area contributed by atoms with Crippen LogP contribution in [0.25, 0.3) is 0 Å². The molecule has 5 aliphatic carbocycles. The molecule has 1 aromatic carbocycles. The minimum absolute atomic E-state index is 0.116. The monoisotopic (exact) mass is 990 g/mol. The number of guanidine groups is 1. The highest BCUT2D eigenvalue weighted by Crippen LogP contribution is 2.64. The fourth-order valence-electron chi connectivity index (χ4n) is 15.5. The molecule has 5 fully saturated rings. The summed E-state index contributed by atoms with van der Waals surface area (Å²) in [6, 6.07) is 2.68. The molecule has 0 radical (unpaired) electrons. The number of nitrogens with two attached hydrogens (primary N) is 1. The number of hydrogen-bond acceptors (Lipinski definition) is 15. The Morgan fingerprint density at radius 3 is 2.57 bits per heavy atom. The molecule has 5 heterocycles. The highest BCUT2D eigenvalue weighted by atomic mass is 33.1. The third-order valence-electron chi connectivity index (χ3n) is 19.2. The van der Waals surface area contributed by atoms with E-state index in [0.717, 1.165) is 63.8 Å². The molecule has 3 saturated carbocycles. The maximum atomic E-state index is 13.0. The number of fused-ring (bicyclic) bond motifs is 8. The molecule has 5 aliphatic heterocycles. The fourth-order valence-corrected chi connectivity index (χ4v) is 18.7. The van der Waals surface area contributed by atoms with E-state index in [2.05, 4.69) is 33.9 Å². The van der Waals surface area contributed by atoms with Gasteiger partial charge in [0.1, 0.15) is 12.2 Å². The Bertz CT molecular complexity index is 2150. The number of nitrogens with one attached hydrogen (secondary N) is 3. The molecule has 0 aromatic heterocycles. The van der Waals surface area contributed by atoms with Crippen molar-refractivity contribution < 1.29 is 39.8 Å². The van der Waals surface area contributed by atoms with Crippen LogP contribution in [-0.2, 0) is 16.0 Å². The van der Waals surface area contributed by atoms with Crippen LogP contribution < -0.4 is 26.4 Å². The number of benzene rings is 1. The topological polar surface area (TPSA) is 211 Å². The molecule has 8 bridgehead atoms. The summed E-state index contributed by atoms with van der Waals surface area (Å²) in [6.07, 6.45) is 20.0. The van der Waals surface area contributed by atoms with E-state index in [4.69, 9.17) is 20.2 Å². The summed E-state index contributed by atoms with van der Waals surface area (Å²) in [5.74, 6) is 7.54. The third kappa shape index (κ3) is 9.94. The second-order valence-electron chi connectivity index (χ2n) is 23.2. The highest BCUT2D eigenvalue weighted by molar-refractivity contribution is 8.77. The summed E-state index contributed by atoms with van der Waals surface area (Å²) >= 11 is 0. The standard InChI is InChI=1S/C54H79N5O8S2/c1-34(60)66-43-28-37(61)14-22-52-21-13-35-8-7-20-53(30-38(15-25-57-53)67-44-27-36(26-40(35)43)41(48(64)65)29-42(44)62)46-12-11-39(31-56-46)69-68-33-54(59-49(55)58-45(52)9-6-10-47(52)63)32-50(16-2-3-17-50)23-24-51(54)18-4-5-19-51/h6,9,27,29,35,37-40,43,45-48,56-57,61-65H,2-5,7-8,10-12,14-20,22-26,28,30-33H2,1H3,(H3,55,58,59)/t35-,37-,38-,39+,40+,43-,45+,46+,47+,52-,53-,54-/m0/s1. The van der Waals surface area contributed by atoms with E-state index in [0.29, 0.717) is 41.5 Å². The first-order chi connectivity index (χ1) is 33.2. The molecule has 2 saturated heterocycles. The van der Waals surface area contributed by atoms with Crippen LogP contribution in [0.3, 0.4) is 0 Å². The fraction of sp³-hybridized carbons (Fsp3) is 0.778. The molecule has 10 N–H and O–H groups in total. The number of phenolic OH excluding ortho intramolecular Hbond substituents is 1. The normalized spacial score (nSPS) is 39.9. The quantitative estimate of drug-likeness (QED) is 0.0490. The van der Waals surface area contributed by atoms with Crippen molar-refractivity contribution in [2.45, 2.75) is 214 Å². The molecule has 11 rings (SSSR count). The smallest absolute Gasteiger partial charge is 0.302 e. The van der Waals surface area contributed by atoms with Crippen molar-refractivity contribution in [3.63, 3.8) is 0 Å². The van der Waals surface area contributed by atoms with Gasteiger partial charge in [0, 0.05) is 66.3 Å². The van der Waals surface area contributed by atoms with Crippen LogP contribution in [0, 0.1) is 39.9 Å². The molecule has 380 valence electrons. The van der Waals surface area contributed by atoms with Gasteiger partial charge in [-0.05, 0) is 138 Å². The van der Waals surface area contributed by atoms with Gasteiger partial charge in [-0.3, -0.25) is 4.79 Å². The van der Waals surface area contributed by atoms with E-state index < -0.39 is 53.9 Å². The average Bonchev–Trinajstić information content (AvgIpc) is 3.99. The lowest BCUT2D eigenvalue weighted by atomic mass is 9.53. The number of carbonyl (C=O) groups is 1. The number of aromatic hydroxyl groups is 1. The van der Waals surface area contributed by atoms with Gasteiger partial charge in [-0.15, -0.1) is 0 Å². The molecule has 12 atom stereocenters. The van der Waals surface area contributed by atoms with Gasteiger partial charge >= 0.3 is 5.97 Å². The number of aliphatic hydroxyl groups is 4. The van der Waals surface area contributed by atoms with Crippen LogP contribution in [0.15, 0.2) is 29.3 Å². The summed E-state index contributed by atoms with van der Waals surface area (Å²) < 4.78 is 13.0. The van der Waals surface area contributed by atoms with Crippen LogP contribution in [0.5, 0.6) is 11.5 Å². The van der Waals surface area contributed by atoms with Crippen LogP contribution in [0.1, 0.15) is 166 Å².